The van der Waals surface area contributed by atoms with E-state index in [1.165, 1.54) is 58.8 Å². The van der Waals surface area contributed by atoms with Gasteiger partial charge in [0.05, 0.1) is 23.4 Å². The topological polar surface area (TPSA) is 115 Å². The highest BCUT2D eigenvalue weighted by molar-refractivity contribution is 8.30. The molecule has 0 aliphatic carbocycles. The lowest BCUT2D eigenvalue weighted by Crippen LogP contribution is -2.09. The molecule has 6 nitrogen and oxygen atoms in total. The SMILES string of the molecule is O=C(CCSCSCCC[S+]([O-])CSCSCSC(=O)CSCSCSCC(=O)SCSCO)SCSCO. The molecule has 39 heavy (non-hydrogen) atoms. The van der Waals surface area contributed by atoms with Crippen LogP contribution in [0.15, 0.2) is 0 Å². The molecule has 230 valence electrons. The number of hydrogen-bond donors (Lipinski definition) is 2. The van der Waals surface area contributed by atoms with Crippen molar-refractivity contribution in [2.24, 2.45) is 0 Å². The number of hydrogen-bond acceptors (Lipinski definition) is 18. The molecule has 0 bridgehead atoms. The van der Waals surface area contributed by atoms with E-state index in [0.717, 1.165) is 43.4 Å². The van der Waals surface area contributed by atoms with Crippen LogP contribution in [-0.2, 0) is 25.6 Å². The second-order valence-electron chi connectivity index (χ2n) is 6.53. The Kier molecular flexibility index (Phi) is 37.3. The zero-order valence-corrected chi connectivity index (χ0v) is 32.0. The predicted octanol–water partition coefficient (Wildman–Crippen LogP) is 6.45. The van der Waals surface area contributed by atoms with Gasteiger partial charge in [-0.3, -0.25) is 14.4 Å². The molecule has 0 amide bonds. The maximum atomic E-state index is 12.1. The van der Waals surface area contributed by atoms with Gasteiger partial charge in [-0.05, 0) is 16.9 Å². The number of rotatable bonds is 29. The van der Waals surface area contributed by atoms with E-state index in [-0.39, 0.29) is 27.2 Å². The second kappa shape index (κ2) is 34.3. The van der Waals surface area contributed by atoms with Crippen molar-refractivity contribution in [2.45, 2.75) is 12.8 Å². The zero-order chi connectivity index (χ0) is 28.8. The van der Waals surface area contributed by atoms with Gasteiger partial charge in [0, 0.05) is 54.2 Å². The van der Waals surface area contributed by atoms with E-state index in [9.17, 15) is 18.9 Å². The quantitative estimate of drug-likeness (QED) is 0.0491. The molecule has 0 saturated heterocycles. The fourth-order valence-corrected chi connectivity index (χ4v) is 15.6. The van der Waals surface area contributed by atoms with Crippen molar-refractivity contribution in [1.29, 1.82) is 0 Å². The minimum atomic E-state index is -0.815. The first kappa shape index (κ1) is 42.4. The standard InChI is InChI=1S/C20H36O6S13/c21-8-31-14-36-18(23)2-4-28-10-27-3-1-5-39(26)17-35-13-34-16-38-20(25)7-30-12-33-11-29-6-19(24)37-15-32-9-22/h21-22H,1-17H2. The lowest BCUT2D eigenvalue weighted by molar-refractivity contribution is -0.111. The number of carbonyl (C=O) groups is 3. The Labute approximate surface area is 287 Å². The summed E-state index contributed by atoms with van der Waals surface area (Å²) in [6.07, 6.45) is 1.49. The predicted molar refractivity (Wildman–Crippen MR) is 201 cm³/mol. The fourth-order valence-electron chi connectivity index (χ4n) is 1.89. The van der Waals surface area contributed by atoms with Crippen LogP contribution < -0.4 is 0 Å². The number of thioether (sulfide) groups is 12. The molecule has 0 aliphatic heterocycles. The molecule has 1 unspecified atom stereocenters. The summed E-state index contributed by atoms with van der Waals surface area (Å²) in [5.74, 6) is 3.57. The van der Waals surface area contributed by atoms with Crippen molar-refractivity contribution in [3.05, 3.63) is 0 Å². The fraction of sp³-hybridized carbons (Fsp3) is 0.850. The van der Waals surface area contributed by atoms with Gasteiger partial charge in [-0.25, -0.2) is 0 Å². The average molecular weight is 789 g/mol. The first-order valence-corrected chi connectivity index (χ1v) is 26.1. The van der Waals surface area contributed by atoms with Crippen molar-refractivity contribution < 1.29 is 29.1 Å². The average Bonchev–Trinajstić information content (AvgIpc) is 2.91. The molecule has 0 rings (SSSR count). The second-order valence-corrected chi connectivity index (χ2v) is 23.2. The van der Waals surface area contributed by atoms with E-state index in [4.69, 9.17) is 10.2 Å². The molecule has 0 fully saturated rings. The van der Waals surface area contributed by atoms with Gasteiger partial charge in [0.2, 0.25) is 0 Å². The third-order valence-corrected chi connectivity index (χ3v) is 18.9. The van der Waals surface area contributed by atoms with E-state index < -0.39 is 11.2 Å². The van der Waals surface area contributed by atoms with Crippen LogP contribution in [0.3, 0.4) is 0 Å². The lowest BCUT2D eigenvalue weighted by Gasteiger charge is -2.10. The Morgan fingerprint density at radius 1 is 0.564 bits per heavy atom. The van der Waals surface area contributed by atoms with Crippen LogP contribution >= 0.6 is 141 Å². The maximum Gasteiger partial charge on any atom is 0.199 e. The summed E-state index contributed by atoms with van der Waals surface area (Å²) in [7, 11) is 0. The summed E-state index contributed by atoms with van der Waals surface area (Å²) < 4.78 is 12.1. The van der Waals surface area contributed by atoms with E-state index in [1.807, 2.05) is 11.8 Å². The van der Waals surface area contributed by atoms with Crippen LogP contribution in [0.2, 0.25) is 0 Å². The lowest BCUT2D eigenvalue weighted by atomic mass is 10.5. The van der Waals surface area contributed by atoms with Gasteiger partial charge in [0.25, 0.3) is 0 Å². The van der Waals surface area contributed by atoms with Crippen LogP contribution in [0, 0.1) is 0 Å². The Balaban J connectivity index is 3.37. The Hall–Kier alpha value is 3.44. The first-order valence-electron chi connectivity index (χ1n) is 11.2. The highest BCUT2D eigenvalue weighted by Gasteiger charge is 2.08. The molecule has 19 heteroatoms. The normalized spacial score (nSPS) is 12.1. The van der Waals surface area contributed by atoms with Crippen molar-refractivity contribution in [3.63, 3.8) is 0 Å². The minimum Gasteiger partial charge on any atom is -0.616 e. The van der Waals surface area contributed by atoms with Gasteiger partial charge in [0.1, 0.15) is 5.75 Å². The minimum absolute atomic E-state index is 0.0409. The number of aliphatic hydroxyl groups is 2. The largest absolute Gasteiger partial charge is 0.616 e. The molecular formula is C20H36O6S13. The van der Waals surface area contributed by atoms with Crippen LogP contribution in [0.25, 0.3) is 0 Å². The van der Waals surface area contributed by atoms with Crippen LogP contribution in [-0.4, -0.2) is 111 Å². The Bertz CT molecular complexity index is 608. The number of aliphatic hydroxyl groups excluding tert-OH is 2. The van der Waals surface area contributed by atoms with Crippen molar-refractivity contribution in [1.82, 2.24) is 0 Å². The molecule has 1 atom stereocenters. The molecule has 0 spiro atoms. The first-order chi connectivity index (χ1) is 19.0. The molecule has 0 aromatic carbocycles. The number of carbonyl (C=O) groups excluding carboxylic acids is 3. The van der Waals surface area contributed by atoms with Gasteiger partial charge in [-0.1, -0.05) is 47.0 Å². The van der Waals surface area contributed by atoms with Gasteiger partial charge in [0.15, 0.2) is 20.4 Å². The van der Waals surface area contributed by atoms with Gasteiger partial charge < -0.3 is 14.8 Å². The van der Waals surface area contributed by atoms with E-state index in [2.05, 4.69) is 0 Å². The van der Waals surface area contributed by atoms with E-state index >= 15 is 0 Å². The molecule has 0 radical (unpaired) electrons. The van der Waals surface area contributed by atoms with Gasteiger partial charge >= 0.3 is 0 Å². The summed E-state index contributed by atoms with van der Waals surface area (Å²) in [6, 6.07) is 0. The summed E-state index contributed by atoms with van der Waals surface area (Å²) in [5.41, 5.74) is 0. The monoisotopic (exact) mass is 788 g/mol. The molecule has 2 N–H and O–H groups in total. The molecule has 0 aromatic heterocycles. The zero-order valence-electron chi connectivity index (χ0n) is 21.4. The van der Waals surface area contributed by atoms with Crippen LogP contribution in [0.5, 0.6) is 0 Å². The molecule has 0 aromatic rings. The van der Waals surface area contributed by atoms with Gasteiger partial charge in [-0.2, -0.15) is 23.5 Å². The van der Waals surface area contributed by atoms with Crippen LogP contribution in [0.1, 0.15) is 12.8 Å². The van der Waals surface area contributed by atoms with E-state index in [1.54, 1.807) is 70.6 Å². The van der Waals surface area contributed by atoms with Crippen molar-refractivity contribution >= 4 is 168 Å². The van der Waals surface area contributed by atoms with E-state index in [0.29, 0.717) is 38.9 Å². The molecular weight excluding hydrogens is 753 g/mol. The third kappa shape index (κ3) is 34.2. The molecule has 0 saturated carbocycles. The Morgan fingerprint density at radius 2 is 1.05 bits per heavy atom. The summed E-state index contributed by atoms with van der Waals surface area (Å²) in [6.45, 7) is 0. The highest BCUT2D eigenvalue weighted by atomic mass is 32.3. The smallest absolute Gasteiger partial charge is 0.199 e. The third-order valence-electron chi connectivity index (χ3n) is 3.52. The summed E-state index contributed by atoms with van der Waals surface area (Å²) >= 11 is 17.6. The maximum absolute atomic E-state index is 12.1. The van der Waals surface area contributed by atoms with Crippen molar-refractivity contribution in [3.8, 4) is 0 Å². The summed E-state index contributed by atoms with van der Waals surface area (Å²) in [5, 5.41) is 23.8. The Morgan fingerprint density at radius 3 is 1.67 bits per heavy atom. The summed E-state index contributed by atoms with van der Waals surface area (Å²) in [4.78, 5) is 35.1. The van der Waals surface area contributed by atoms with Crippen molar-refractivity contribution in [2.75, 3.05) is 81.3 Å². The van der Waals surface area contributed by atoms with Crippen LogP contribution in [0.4, 0.5) is 0 Å². The molecule has 0 aliphatic rings. The van der Waals surface area contributed by atoms with Gasteiger partial charge in [-0.15, -0.1) is 70.6 Å². The molecule has 0 heterocycles. The highest BCUT2D eigenvalue weighted by Crippen LogP contribution is 2.24.